The van der Waals surface area contributed by atoms with E-state index in [4.69, 9.17) is 5.73 Å². The van der Waals surface area contributed by atoms with Gasteiger partial charge in [-0.15, -0.1) is 0 Å². The van der Waals surface area contributed by atoms with E-state index < -0.39 is 0 Å². The SMILES string of the molecule is Cc1cc(-c2ccc(CC(N)=O)cc2-c2ccc(-c3cccc(F)c3)cn2)ccn1. The molecule has 4 rings (SSSR count). The maximum absolute atomic E-state index is 13.6. The lowest BCUT2D eigenvalue weighted by Crippen LogP contribution is -2.13. The van der Waals surface area contributed by atoms with E-state index in [9.17, 15) is 9.18 Å². The van der Waals surface area contributed by atoms with Crippen LogP contribution < -0.4 is 5.73 Å². The smallest absolute Gasteiger partial charge is 0.221 e. The number of primary amides is 1. The fraction of sp³-hybridized carbons (Fsp3) is 0.0800. The van der Waals surface area contributed by atoms with Gasteiger partial charge in [0.2, 0.25) is 5.91 Å². The lowest BCUT2D eigenvalue weighted by molar-refractivity contribution is -0.117. The molecule has 5 heteroatoms. The van der Waals surface area contributed by atoms with Crippen molar-refractivity contribution in [1.29, 1.82) is 0 Å². The number of nitrogens with two attached hydrogens (primary N) is 1. The normalized spacial score (nSPS) is 10.7. The van der Waals surface area contributed by atoms with Crippen LogP contribution in [0.5, 0.6) is 0 Å². The molecular formula is C25H20FN3O. The van der Waals surface area contributed by atoms with Crippen LogP contribution in [-0.2, 0) is 11.2 Å². The Morgan fingerprint density at radius 3 is 2.47 bits per heavy atom. The number of hydrogen-bond donors (Lipinski definition) is 1. The topological polar surface area (TPSA) is 68.9 Å². The van der Waals surface area contributed by atoms with Crippen molar-refractivity contribution >= 4 is 5.91 Å². The Morgan fingerprint density at radius 2 is 1.77 bits per heavy atom. The van der Waals surface area contributed by atoms with E-state index in [0.29, 0.717) is 0 Å². The Balaban J connectivity index is 1.80. The minimum Gasteiger partial charge on any atom is -0.369 e. The van der Waals surface area contributed by atoms with Crippen LogP contribution in [0, 0.1) is 12.7 Å². The average molecular weight is 397 g/mol. The van der Waals surface area contributed by atoms with E-state index in [2.05, 4.69) is 9.97 Å². The molecule has 0 aliphatic heterocycles. The van der Waals surface area contributed by atoms with Gasteiger partial charge in [-0.25, -0.2) is 4.39 Å². The number of halogens is 1. The number of hydrogen-bond acceptors (Lipinski definition) is 3. The summed E-state index contributed by atoms with van der Waals surface area (Å²) >= 11 is 0. The maximum Gasteiger partial charge on any atom is 0.221 e. The van der Waals surface area contributed by atoms with E-state index in [-0.39, 0.29) is 18.1 Å². The highest BCUT2D eigenvalue weighted by Gasteiger charge is 2.12. The molecule has 0 aliphatic rings. The number of benzene rings is 2. The molecule has 0 fully saturated rings. The fourth-order valence-electron chi connectivity index (χ4n) is 3.47. The monoisotopic (exact) mass is 397 g/mol. The van der Waals surface area contributed by atoms with Crippen LogP contribution in [0.2, 0.25) is 0 Å². The molecule has 30 heavy (non-hydrogen) atoms. The van der Waals surface area contributed by atoms with E-state index in [1.54, 1.807) is 18.5 Å². The molecule has 2 aromatic carbocycles. The van der Waals surface area contributed by atoms with Gasteiger partial charge in [-0.1, -0.05) is 30.3 Å². The molecule has 0 aliphatic carbocycles. The number of rotatable bonds is 5. The van der Waals surface area contributed by atoms with Crippen molar-refractivity contribution in [3.8, 4) is 33.5 Å². The summed E-state index contributed by atoms with van der Waals surface area (Å²) in [6, 6.07) is 20.0. The van der Waals surface area contributed by atoms with Crippen molar-refractivity contribution in [3.63, 3.8) is 0 Å². The van der Waals surface area contributed by atoms with Crippen LogP contribution in [0.4, 0.5) is 4.39 Å². The number of carbonyl (C=O) groups is 1. The Morgan fingerprint density at radius 1 is 0.900 bits per heavy atom. The molecule has 0 spiro atoms. The maximum atomic E-state index is 13.6. The van der Waals surface area contributed by atoms with E-state index in [1.807, 2.05) is 55.5 Å². The average Bonchev–Trinajstić information content (AvgIpc) is 2.73. The first-order chi connectivity index (χ1) is 14.5. The minimum absolute atomic E-state index is 0.157. The van der Waals surface area contributed by atoms with Crippen LogP contribution in [0.3, 0.4) is 0 Å². The largest absolute Gasteiger partial charge is 0.369 e. The Labute approximate surface area is 174 Å². The summed E-state index contributed by atoms with van der Waals surface area (Å²) in [6.07, 6.45) is 3.66. The predicted molar refractivity (Wildman–Crippen MR) is 116 cm³/mol. The van der Waals surface area contributed by atoms with Gasteiger partial charge >= 0.3 is 0 Å². The molecule has 0 atom stereocenters. The highest BCUT2D eigenvalue weighted by atomic mass is 19.1. The van der Waals surface area contributed by atoms with Gasteiger partial charge < -0.3 is 5.73 Å². The van der Waals surface area contributed by atoms with Gasteiger partial charge in [0, 0.05) is 29.2 Å². The molecule has 1 amide bonds. The lowest BCUT2D eigenvalue weighted by atomic mass is 9.94. The van der Waals surface area contributed by atoms with Crippen molar-refractivity contribution in [3.05, 3.63) is 96.2 Å². The number of aryl methyl sites for hydroxylation is 1. The summed E-state index contributed by atoms with van der Waals surface area (Å²) in [5, 5.41) is 0. The summed E-state index contributed by atoms with van der Waals surface area (Å²) in [5.41, 5.74) is 12.4. The second kappa shape index (κ2) is 8.25. The van der Waals surface area contributed by atoms with Crippen LogP contribution >= 0.6 is 0 Å². The third-order valence-corrected chi connectivity index (χ3v) is 4.87. The van der Waals surface area contributed by atoms with Crippen LogP contribution in [0.15, 0.2) is 79.1 Å². The quantitative estimate of drug-likeness (QED) is 0.518. The second-order valence-electron chi connectivity index (χ2n) is 7.15. The standard InChI is InChI=1S/C25H20FN3O/c1-16-11-19(9-10-28-16)22-7-5-17(13-25(27)30)12-23(22)24-8-6-20(15-29-24)18-3-2-4-21(26)14-18/h2-12,14-15H,13H2,1H3,(H2,27,30). The summed E-state index contributed by atoms with van der Waals surface area (Å²) in [7, 11) is 0. The molecule has 0 unspecified atom stereocenters. The third kappa shape index (κ3) is 4.25. The van der Waals surface area contributed by atoms with Gasteiger partial charge in [-0.05, 0) is 65.6 Å². The third-order valence-electron chi connectivity index (χ3n) is 4.87. The molecular weight excluding hydrogens is 377 g/mol. The van der Waals surface area contributed by atoms with Crippen LogP contribution in [-0.4, -0.2) is 15.9 Å². The van der Waals surface area contributed by atoms with Crippen LogP contribution in [0.25, 0.3) is 33.5 Å². The van der Waals surface area contributed by atoms with E-state index >= 15 is 0 Å². The van der Waals surface area contributed by atoms with Gasteiger partial charge in [0.1, 0.15) is 5.82 Å². The Kier molecular flexibility index (Phi) is 5.35. The zero-order valence-electron chi connectivity index (χ0n) is 16.5. The van der Waals surface area contributed by atoms with Crippen molar-refractivity contribution in [2.24, 2.45) is 5.73 Å². The molecule has 4 nitrogen and oxygen atoms in total. The molecule has 0 saturated carbocycles. The highest BCUT2D eigenvalue weighted by molar-refractivity contribution is 5.84. The van der Waals surface area contributed by atoms with Crippen LogP contribution in [0.1, 0.15) is 11.3 Å². The van der Waals surface area contributed by atoms with Crippen molar-refractivity contribution in [1.82, 2.24) is 9.97 Å². The first-order valence-corrected chi connectivity index (χ1v) is 9.56. The molecule has 0 bridgehead atoms. The predicted octanol–water partition coefficient (Wildman–Crippen LogP) is 4.95. The molecule has 148 valence electrons. The fourth-order valence-corrected chi connectivity index (χ4v) is 3.47. The zero-order valence-corrected chi connectivity index (χ0v) is 16.5. The van der Waals surface area contributed by atoms with E-state index in [0.717, 1.165) is 44.8 Å². The van der Waals surface area contributed by atoms with Gasteiger partial charge in [-0.3, -0.25) is 14.8 Å². The molecule has 0 saturated heterocycles. The van der Waals surface area contributed by atoms with Gasteiger partial charge in [0.15, 0.2) is 0 Å². The first-order valence-electron chi connectivity index (χ1n) is 9.56. The first kappa shape index (κ1) is 19.5. The summed E-state index contributed by atoms with van der Waals surface area (Å²) in [5.74, 6) is -0.672. The van der Waals surface area contributed by atoms with Gasteiger partial charge in [0.05, 0.1) is 12.1 Å². The number of carbonyl (C=O) groups excluding carboxylic acids is 1. The lowest BCUT2D eigenvalue weighted by Gasteiger charge is -2.13. The number of pyridine rings is 2. The minimum atomic E-state index is -0.386. The number of nitrogens with zero attached hydrogens (tertiary/aromatic N) is 2. The molecule has 2 N–H and O–H groups in total. The summed E-state index contributed by atoms with van der Waals surface area (Å²) in [6.45, 7) is 1.94. The highest BCUT2D eigenvalue weighted by Crippen LogP contribution is 2.33. The molecule has 2 aromatic heterocycles. The molecule has 2 heterocycles. The number of aromatic nitrogens is 2. The van der Waals surface area contributed by atoms with Gasteiger partial charge in [0.25, 0.3) is 0 Å². The van der Waals surface area contributed by atoms with Crippen molar-refractivity contribution in [2.75, 3.05) is 0 Å². The molecule has 4 aromatic rings. The summed E-state index contributed by atoms with van der Waals surface area (Å²) in [4.78, 5) is 20.3. The van der Waals surface area contributed by atoms with Crippen molar-refractivity contribution < 1.29 is 9.18 Å². The zero-order chi connectivity index (χ0) is 21.1. The number of amides is 1. The molecule has 0 radical (unpaired) electrons. The van der Waals surface area contributed by atoms with Crippen molar-refractivity contribution in [2.45, 2.75) is 13.3 Å². The Hall–Kier alpha value is -3.86. The second-order valence-corrected chi connectivity index (χ2v) is 7.15. The summed E-state index contributed by atoms with van der Waals surface area (Å²) < 4.78 is 13.6. The Bertz CT molecular complexity index is 1220. The van der Waals surface area contributed by atoms with E-state index in [1.165, 1.54) is 12.1 Å². The van der Waals surface area contributed by atoms with Gasteiger partial charge in [-0.2, -0.15) is 0 Å².